The molecule has 0 bridgehead atoms. The van der Waals surface area contributed by atoms with Crippen molar-refractivity contribution in [2.45, 2.75) is 25.1 Å². The van der Waals surface area contributed by atoms with Gasteiger partial charge in [0.15, 0.2) is 0 Å². The van der Waals surface area contributed by atoms with E-state index in [4.69, 9.17) is 5.11 Å². The van der Waals surface area contributed by atoms with Crippen molar-refractivity contribution in [3.05, 3.63) is 29.8 Å². The van der Waals surface area contributed by atoms with E-state index in [-0.39, 0.29) is 23.9 Å². The van der Waals surface area contributed by atoms with E-state index < -0.39 is 0 Å². The SMILES string of the molecule is CSC(CO)C(C)NC(=O)Nc1cccc(C)c1. The third-order valence-electron chi connectivity index (χ3n) is 2.68. The van der Waals surface area contributed by atoms with Gasteiger partial charge < -0.3 is 15.7 Å². The summed E-state index contributed by atoms with van der Waals surface area (Å²) in [6.45, 7) is 3.90. The zero-order chi connectivity index (χ0) is 13.5. The maximum absolute atomic E-state index is 11.8. The van der Waals surface area contributed by atoms with Gasteiger partial charge in [-0.25, -0.2) is 4.79 Å². The van der Waals surface area contributed by atoms with Crippen LogP contribution in [0.25, 0.3) is 0 Å². The monoisotopic (exact) mass is 268 g/mol. The van der Waals surface area contributed by atoms with E-state index in [1.807, 2.05) is 44.4 Å². The van der Waals surface area contributed by atoms with E-state index in [0.717, 1.165) is 11.3 Å². The highest BCUT2D eigenvalue weighted by molar-refractivity contribution is 7.99. The number of carbonyl (C=O) groups excluding carboxylic acids is 1. The van der Waals surface area contributed by atoms with Crippen LogP contribution in [0, 0.1) is 6.92 Å². The summed E-state index contributed by atoms with van der Waals surface area (Å²) in [5, 5.41) is 14.7. The van der Waals surface area contributed by atoms with Crippen molar-refractivity contribution in [1.82, 2.24) is 5.32 Å². The Morgan fingerprint density at radius 2 is 2.22 bits per heavy atom. The molecule has 3 N–H and O–H groups in total. The minimum absolute atomic E-state index is 0.00765. The molecule has 2 amide bonds. The minimum atomic E-state index is -0.249. The van der Waals surface area contributed by atoms with Crippen LogP contribution in [0.15, 0.2) is 24.3 Å². The molecule has 0 saturated heterocycles. The lowest BCUT2D eigenvalue weighted by Gasteiger charge is -2.21. The average Bonchev–Trinajstić information content (AvgIpc) is 2.30. The van der Waals surface area contributed by atoms with E-state index in [9.17, 15) is 4.79 Å². The second kappa shape index (κ2) is 7.28. The van der Waals surface area contributed by atoms with E-state index in [1.165, 1.54) is 11.8 Å². The number of thioether (sulfide) groups is 1. The van der Waals surface area contributed by atoms with Gasteiger partial charge in [-0.05, 0) is 37.8 Å². The summed E-state index contributed by atoms with van der Waals surface area (Å²) in [6, 6.07) is 7.28. The van der Waals surface area contributed by atoms with Crippen LogP contribution in [-0.4, -0.2) is 35.3 Å². The number of aryl methyl sites for hydroxylation is 1. The van der Waals surface area contributed by atoms with Crippen molar-refractivity contribution in [1.29, 1.82) is 0 Å². The average molecular weight is 268 g/mol. The van der Waals surface area contributed by atoms with Crippen molar-refractivity contribution in [3.63, 3.8) is 0 Å². The maximum atomic E-state index is 11.8. The fourth-order valence-electron chi connectivity index (χ4n) is 1.63. The van der Waals surface area contributed by atoms with Gasteiger partial charge >= 0.3 is 6.03 Å². The number of nitrogens with one attached hydrogen (secondary N) is 2. The molecule has 0 radical (unpaired) electrons. The standard InChI is InChI=1S/C13H20N2O2S/c1-9-5-4-6-11(7-9)15-13(17)14-10(2)12(8-16)18-3/h4-7,10,12,16H,8H2,1-3H3,(H2,14,15,17). The molecule has 0 fully saturated rings. The second-order valence-corrected chi connectivity index (χ2v) is 5.29. The van der Waals surface area contributed by atoms with Crippen molar-refractivity contribution in [2.24, 2.45) is 0 Å². The van der Waals surface area contributed by atoms with Crippen LogP contribution in [0.4, 0.5) is 10.5 Å². The number of aliphatic hydroxyl groups is 1. The highest BCUT2D eigenvalue weighted by Gasteiger charge is 2.17. The Bertz CT molecular complexity index is 394. The molecule has 0 aromatic heterocycles. The smallest absolute Gasteiger partial charge is 0.319 e. The van der Waals surface area contributed by atoms with Gasteiger partial charge in [-0.3, -0.25) is 0 Å². The molecule has 2 atom stereocenters. The molecule has 0 heterocycles. The van der Waals surface area contributed by atoms with Crippen LogP contribution in [-0.2, 0) is 0 Å². The summed E-state index contributed by atoms with van der Waals surface area (Å²) >= 11 is 1.54. The second-order valence-electron chi connectivity index (χ2n) is 4.21. The van der Waals surface area contributed by atoms with Gasteiger partial charge in [0.2, 0.25) is 0 Å². The Morgan fingerprint density at radius 3 is 2.78 bits per heavy atom. The lowest BCUT2D eigenvalue weighted by molar-refractivity contribution is 0.243. The molecule has 1 aromatic carbocycles. The van der Waals surface area contributed by atoms with Crippen molar-refractivity contribution < 1.29 is 9.90 Å². The number of urea groups is 1. The lowest BCUT2D eigenvalue weighted by atomic mass is 10.2. The van der Waals surface area contributed by atoms with Crippen LogP contribution in [0.1, 0.15) is 12.5 Å². The Kier molecular flexibility index (Phi) is 6.01. The van der Waals surface area contributed by atoms with Crippen LogP contribution in [0.3, 0.4) is 0 Å². The first-order valence-corrected chi connectivity index (χ1v) is 7.13. The molecule has 1 aromatic rings. The van der Waals surface area contributed by atoms with Crippen molar-refractivity contribution in [3.8, 4) is 0 Å². The Labute approximate surface area is 112 Å². The van der Waals surface area contributed by atoms with Gasteiger partial charge in [0.1, 0.15) is 0 Å². The first-order chi connectivity index (χ1) is 8.56. The number of amides is 2. The zero-order valence-electron chi connectivity index (χ0n) is 10.9. The number of anilines is 1. The van der Waals surface area contributed by atoms with Crippen LogP contribution < -0.4 is 10.6 Å². The van der Waals surface area contributed by atoms with E-state index in [1.54, 1.807) is 0 Å². The largest absolute Gasteiger partial charge is 0.395 e. The Balaban J connectivity index is 2.51. The molecule has 0 spiro atoms. The number of carbonyl (C=O) groups is 1. The van der Waals surface area contributed by atoms with Crippen molar-refractivity contribution >= 4 is 23.5 Å². The van der Waals surface area contributed by atoms with Crippen molar-refractivity contribution in [2.75, 3.05) is 18.2 Å². The first kappa shape index (κ1) is 14.9. The summed E-state index contributed by atoms with van der Waals surface area (Å²) in [6.07, 6.45) is 1.91. The predicted octanol–water partition coefficient (Wildman–Crippen LogP) is 2.23. The first-order valence-electron chi connectivity index (χ1n) is 5.84. The molecule has 4 nitrogen and oxygen atoms in total. The highest BCUT2D eigenvalue weighted by atomic mass is 32.2. The maximum Gasteiger partial charge on any atom is 0.319 e. The Hall–Kier alpha value is -1.20. The fourth-order valence-corrected chi connectivity index (χ4v) is 2.25. The molecule has 0 aliphatic carbocycles. The minimum Gasteiger partial charge on any atom is -0.395 e. The molecule has 100 valence electrons. The molecule has 0 saturated carbocycles. The Morgan fingerprint density at radius 1 is 1.50 bits per heavy atom. The number of aliphatic hydroxyl groups excluding tert-OH is 1. The number of hydrogen-bond acceptors (Lipinski definition) is 3. The van der Waals surface area contributed by atoms with Crippen LogP contribution in [0.2, 0.25) is 0 Å². The van der Waals surface area contributed by atoms with E-state index >= 15 is 0 Å². The molecule has 0 aliphatic heterocycles. The summed E-state index contributed by atoms with van der Waals surface area (Å²) in [5.41, 5.74) is 1.86. The van der Waals surface area contributed by atoms with Crippen LogP contribution in [0.5, 0.6) is 0 Å². The molecule has 2 unspecified atom stereocenters. The summed E-state index contributed by atoms with van der Waals surface area (Å²) in [4.78, 5) is 11.8. The van der Waals surface area contributed by atoms with Gasteiger partial charge in [-0.1, -0.05) is 12.1 Å². The van der Waals surface area contributed by atoms with Gasteiger partial charge in [0.05, 0.1) is 6.61 Å². The third-order valence-corrected chi connectivity index (χ3v) is 3.84. The van der Waals surface area contributed by atoms with E-state index in [0.29, 0.717) is 0 Å². The summed E-state index contributed by atoms with van der Waals surface area (Å²) in [7, 11) is 0. The van der Waals surface area contributed by atoms with Gasteiger partial charge in [0.25, 0.3) is 0 Å². The zero-order valence-corrected chi connectivity index (χ0v) is 11.8. The van der Waals surface area contributed by atoms with Gasteiger partial charge in [-0.15, -0.1) is 0 Å². The predicted molar refractivity (Wildman–Crippen MR) is 77.2 cm³/mol. The number of hydrogen-bond donors (Lipinski definition) is 3. The highest BCUT2D eigenvalue weighted by Crippen LogP contribution is 2.12. The summed E-state index contributed by atoms with van der Waals surface area (Å²) < 4.78 is 0. The summed E-state index contributed by atoms with van der Waals surface area (Å²) in [5.74, 6) is 0. The quantitative estimate of drug-likeness (QED) is 0.767. The van der Waals surface area contributed by atoms with Gasteiger partial charge in [0, 0.05) is 17.0 Å². The van der Waals surface area contributed by atoms with Gasteiger partial charge in [-0.2, -0.15) is 11.8 Å². The fraction of sp³-hybridized carbons (Fsp3) is 0.462. The molecular formula is C13H20N2O2S. The molecule has 5 heteroatoms. The van der Waals surface area contributed by atoms with Crippen LogP contribution >= 0.6 is 11.8 Å². The molecular weight excluding hydrogens is 248 g/mol. The topological polar surface area (TPSA) is 61.4 Å². The third kappa shape index (κ3) is 4.58. The normalized spacial score (nSPS) is 13.8. The molecule has 18 heavy (non-hydrogen) atoms. The lowest BCUT2D eigenvalue weighted by Crippen LogP contribution is -2.43. The van der Waals surface area contributed by atoms with E-state index in [2.05, 4.69) is 10.6 Å². The number of benzene rings is 1. The molecule has 1 rings (SSSR count). The molecule has 0 aliphatic rings. The number of rotatable bonds is 5.